The molecule has 3 aliphatic rings. The van der Waals surface area contributed by atoms with Gasteiger partial charge in [-0.2, -0.15) is 0 Å². The Morgan fingerprint density at radius 1 is 1.04 bits per heavy atom. The van der Waals surface area contributed by atoms with Gasteiger partial charge in [-0.1, -0.05) is 31.4 Å². The standard InChI is InChI=1S/C23H33N3O/c1-17-7-9-19(10-8-17)23(27)22-12-11-20(18-5-3-2-4-6-18)15-26(22)21-13-24-16-25-14-21/h5,13-14,16-17,19-20,22H,2-4,6-12,15H2,1H3. The van der Waals surface area contributed by atoms with E-state index in [1.807, 2.05) is 12.4 Å². The third kappa shape index (κ3) is 4.25. The van der Waals surface area contributed by atoms with Crippen molar-refractivity contribution in [3.8, 4) is 0 Å². The smallest absolute Gasteiger partial charge is 0.158 e. The van der Waals surface area contributed by atoms with Gasteiger partial charge >= 0.3 is 0 Å². The van der Waals surface area contributed by atoms with Crippen LogP contribution in [0.5, 0.6) is 0 Å². The first-order valence-electron chi connectivity index (χ1n) is 11.0. The number of carbonyl (C=O) groups excluding carboxylic acids is 1. The van der Waals surface area contributed by atoms with E-state index in [4.69, 9.17) is 0 Å². The molecular formula is C23H33N3O. The third-order valence-corrected chi connectivity index (χ3v) is 7.06. The van der Waals surface area contributed by atoms with Gasteiger partial charge in [-0.3, -0.25) is 4.79 Å². The molecule has 1 saturated carbocycles. The summed E-state index contributed by atoms with van der Waals surface area (Å²) in [6.45, 7) is 3.26. The summed E-state index contributed by atoms with van der Waals surface area (Å²) in [7, 11) is 0. The van der Waals surface area contributed by atoms with Crippen molar-refractivity contribution in [1.29, 1.82) is 0 Å². The van der Waals surface area contributed by atoms with E-state index in [0.29, 0.717) is 11.7 Å². The van der Waals surface area contributed by atoms with Crippen LogP contribution in [-0.2, 0) is 4.79 Å². The quantitative estimate of drug-likeness (QED) is 0.706. The highest BCUT2D eigenvalue weighted by Crippen LogP contribution is 2.37. The lowest BCUT2D eigenvalue weighted by Crippen LogP contribution is -2.50. The van der Waals surface area contributed by atoms with Gasteiger partial charge in [0, 0.05) is 12.5 Å². The van der Waals surface area contributed by atoms with E-state index < -0.39 is 0 Å². The molecule has 0 aromatic carbocycles. The summed E-state index contributed by atoms with van der Waals surface area (Å²) in [4.78, 5) is 24.2. The molecule has 2 unspecified atom stereocenters. The number of ketones is 1. The van der Waals surface area contributed by atoms with Gasteiger partial charge in [-0.15, -0.1) is 0 Å². The second-order valence-corrected chi connectivity index (χ2v) is 8.92. The summed E-state index contributed by atoms with van der Waals surface area (Å²) < 4.78 is 0. The predicted molar refractivity (Wildman–Crippen MR) is 109 cm³/mol. The Balaban J connectivity index is 1.53. The van der Waals surface area contributed by atoms with E-state index in [2.05, 4.69) is 27.9 Å². The lowest BCUT2D eigenvalue weighted by Gasteiger charge is -2.43. The van der Waals surface area contributed by atoms with Crippen LogP contribution in [0, 0.1) is 17.8 Å². The number of carbonyl (C=O) groups is 1. The lowest BCUT2D eigenvalue weighted by atomic mass is 9.75. The number of anilines is 1. The summed E-state index contributed by atoms with van der Waals surface area (Å²) in [6, 6.07) is 0.00912. The van der Waals surface area contributed by atoms with Crippen molar-refractivity contribution in [2.24, 2.45) is 17.8 Å². The van der Waals surface area contributed by atoms with Gasteiger partial charge in [0.15, 0.2) is 5.78 Å². The summed E-state index contributed by atoms with van der Waals surface area (Å²) in [6.07, 6.45) is 19.6. The van der Waals surface area contributed by atoms with Crippen molar-refractivity contribution in [3.05, 3.63) is 30.4 Å². The molecule has 2 heterocycles. The minimum Gasteiger partial charge on any atom is -0.358 e. The van der Waals surface area contributed by atoms with Gasteiger partial charge in [0.05, 0.1) is 24.1 Å². The van der Waals surface area contributed by atoms with Crippen LogP contribution in [0.1, 0.15) is 71.1 Å². The minimum absolute atomic E-state index is 0.00912. The fourth-order valence-electron chi connectivity index (χ4n) is 5.34. The van der Waals surface area contributed by atoms with Gasteiger partial charge in [-0.25, -0.2) is 9.97 Å². The molecule has 27 heavy (non-hydrogen) atoms. The number of rotatable bonds is 4. The Morgan fingerprint density at radius 2 is 1.81 bits per heavy atom. The Labute approximate surface area is 163 Å². The largest absolute Gasteiger partial charge is 0.358 e. The summed E-state index contributed by atoms with van der Waals surface area (Å²) in [5.41, 5.74) is 2.64. The van der Waals surface area contributed by atoms with Crippen molar-refractivity contribution < 1.29 is 4.79 Å². The average Bonchev–Trinajstić information content (AvgIpc) is 2.75. The number of nitrogens with zero attached hydrogens (tertiary/aromatic N) is 3. The van der Waals surface area contributed by atoms with Gasteiger partial charge in [0.1, 0.15) is 6.33 Å². The molecule has 1 aromatic heterocycles. The Kier molecular flexibility index (Phi) is 5.89. The van der Waals surface area contributed by atoms with Crippen molar-refractivity contribution >= 4 is 11.5 Å². The highest BCUT2D eigenvalue weighted by Gasteiger charge is 2.38. The second-order valence-electron chi connectivity index (χ2n) is 8.92. The monoisotopic (exact) mass is 367 g/mol. The zero-order chi connectivity index (χ0) is 18.6. The Bertz CT molecular complexity index is 663. The number of piperidine rings is 1. The van der Waals surface area contributed by atoms with Gasteiger partial charge in [-0.05, 0) is 63.2 Å². The van der Waals surface area contributed by atoms with Gasteiger partial charge < -0.3 is 4.90 Å². The molecule has 4 rings (SSSR count). The number of hydrogen-bond donors (Lipinski definition) is 0. The zero-order valence-corrected chi connectivity index (χ0v) is 16.6. The number of Topliss-reactive ketones (excluding diaryl/α,β-unsaturated/α-hetero) is 1. The Hall–Kier alpha value is -1.71. The number of hydrogen-bond acceptors (Lipinski definition) is 4. The molecule has 0 radical (unpaired) electrons. The molecule has 1 saturated heterocycles. The molecule has 0 amide bonds. The van der Waals surface area contributed by atoms with Crippen LogP contribution >= 0.6 is 0 Å². The van der Waals surface area contributed by atoms with E-state index in [9.17, 15) is 4.79 Å². The van der Waals surface area contributed by atoms with Gasteiger partial charge in [0.2, 0.25) is 0 Å². The molecule has 2 fully saturated rings. The van der Waals surface area contributed by atoms with Crippen LogP contribution in [0.3, 0.4) is 0 Å². The molecule has 146 valence electrons. The maximum Gasteiger partial charge on any atom is 0.158 e. The van der Waals surface area contributed by atoms with Crippen LogP contribution in [0.25, 0.3) is 0 Å². The third-order valence-electron chi connectivity index (χ3n) is 7.06. The van der Waals surface area contributed by atoms with E-state index in [-0.39, 0.29) is 12.0 Å². The first kappa shape index (κ1) is 18.6. The normalized spacial score (nSPS) is 32.0. The topological polar surface area (TPSA) is 46.1 Å². The van der Waals surface area contributed by atoms with Gasteiger partial charge in [0.25, 0.3) is 0 Å². The zero-order valence-electron chi connectivity index (χ0n) is 16.6. The predicted octanol–water partition coefficient (Wildman–Crippen LogP) is 4.96. The molecule has 4 nitrogen and oxygen atoms in total. The Morgan fingerprint density at radius 3 is 2.52 bits per heavy atom. The SMILES string of the molecule is CC1CCC(C(=O)C2CCC(C3=CCCCC3)CN2c2cncnc2)CC1. The van der Waals surface area contributed by atoms with Crippen molar-refractivity contribution in [2.75, 3.05) is 11.4 Å². The van der Waals surface area contributed by atoms with Crippen molar-refractivity contribution in [3.63, 3.8) is 0 Å². The second kappa shape index (κ2) is 8.53. The van der Waals surface area contributed by atoms with Crippen LogP contribution in [0.15, 0.2) is 30.4 Å². The van der Waals surface area contributed by atoms with Crippen LogP contribution in [-0.4, -0.2) is 28.3 Å². The first-order chi connectivity index (χ1) is 13.2. The summed E-state index contributed by atoms with van der Waals surface area (Å²) in [5, 5.41) is 0. The van der Waals surface area contributed by atoms with Crippen LogP contribution in [0.2, 0.25) is 0 Å². The maximum absolute atomic E-state index is 13.4. The van der Waals surface area contributed by atoms with Crippen molar-refractivity contribution in [1.82, 2.24) is 9.97 Å². The van der Waals surface area contributed by atoms with E-state index >= 15 is 0 Å². The van der Waals surface area contributed by atoms with E-state index in [0.717, 1.165) is 43.8 Å². The maximum atomic E-state index is 13.4. The fraction of sp³-hybridized carbons (Fsp3) is 0.696. The molecule has 2 atom stereocenters. The van der Waals surface area contributed by atoms with Crippen molar-refractivity contribution in [2.45, 2.75) is 77.2 Å². The average molecular weight is 368 g/mol. The van der Waals surface area contributed by atoms with Crippen LogP contribution < -0.4 is 4.90 Å². The molecular weight excluding hydrogens is 334 g/mol. The molecule has 0 bridgehead atoms. The summed E-state index contributed by atoms with van der Waals surface area (Å²) >= 11 is 0. The van der Waals surface area contributed by atoms with E-state index in [1.165, 1.54) is 38.5 Å². The first-order valence-corrected chi connectivity index (χ1v) is 11.0. The molecule has 1 aromatic rings. The highest BCUT2D eigenvalue weighted by molar-refractivity contribution is 5.89. The molecule has 1 aliphatic heterocycles. The molecule has 4 heteroatoms. The van der Waals surface area contributed by atoms with Crippen LogP contribution in [0.4, 0.5) is 5.69 Å². The van der Waals surface area contributed by atoms with E-state index in [1.54, 1.807) is 11.9 Å². The molecule has 2 aliphatic carbocycles. The number of allylic oxidation sites excluding steroid dienone is 1. The number of aromatic nitrogens is 2. The highest BCUT2D eigenvalue weighted by atomic mass is 16.1. The fourth-order valence-corrected chi connectivity index (χ4v) is 5.34. The molecule has 0 N–H and O–H groups in total. The minimum atomic E-state index is 0.00912. The lowest BCUT2D eigenvalue weighted by molar-refractivity contribution is -0.126. The summed E-state index contributed by atoms with van der Waals surface area (Å²) in [5.74, 6) is 2.09. The molecule has 0 spiro atoms.